The maximum Gasteiger partial charge on any atom is 0.490 e. The summed E-state index contributed by atoms with van der Waals surface area (Å²) in [5.41, 5.74) is 0. The molecule has 2 fully saturated rings. The van der Waals surface area contributed by atoms with Gasteiger partial charge in [0, 0.05) is 37.9 Å². The third-order valence-corrected chi connectivity index (χ3v) is 4.57. The summed E-state index contributed by atoms with van der Waals surface area (Å²) in [5.74, 6) is -0.708. The minimum atomic E-state index is -5.08. The lowest BCUT2D eigenvalue weighted by Gasteiger charge is -2.22. The molecule has 0 aromatic heterocycles. The minimum Gasteiger partial charge on any atom is -0.475 e. The van der Waals surface area contributed by atoms with E-state index in [1.165, 1.54) is 0 Å². The summed E-state index contributed by atoms with van der Waals surface area (Å²) in [6.45, 7) is 7.98. The number of carbonyl (C=O) groups excluding carboxylic acids is 1. The van der Waals surface area contributed by atoms with Gasteiger partial charge in [0.1, 0.15) is 0 Å². The van der Waals surface area contributed by atoms with Gasteiger partial charge in [-0.1, -0.05) is 13.8 Å². The van der Waals surface area contributed by atoms with E-state index in [2.05, 4.69) is 32.8 Å². The van der Waals surface area contributed by atoms with Gasteiger partial charge in [-0.25, -0.2) is 4.79 Å². The Labute approximate surface area is 152 Å². The molecule has 2 aliphatic rings. The average Bonchev–Trinajstić information content (AvgIpc) is 3.06. The van der Waals surface area contributed by atoms with Crippen molar-refractivity contribution in [1.29, 1.82) is 0 Å². The molecule has 0 saturated carbocycles. The topological polar surface area (TPSA) is 70.1 Å². The maximum atomic E-state index is 12.2. The third-order valence-electron chi connectivity index (χ3n) is 4.57. The third kappa shape index (κ3) is 7.11. The van der Waals surface area contributed by atoms with Gasteiger partial charge in [-0.05, 0) is 26.4 Å². The Hall–Kier alpha value is -1.35. The number of halogens is 3. The summed E-state index contributed by atoms with van der Waals surface area (Å²) in [5, 5.41) is 7.12. The molecule has 0 bridgehead atoms. The molecule has 2 rings (SSSR count). The molecule has 0 aromatic carbocycles. The highest BCUT2D eigenvalue weighted by Crippen LogP contribution is 2.34. The number of amides is 1. The first-order valence-corrected chi connectivity index (χ1v) is 8.76. The first kappa shape index (κ1) is 22.7. The van der Waals surface area contributed by atoms with Crippen molar-refractivity contribution in [1.82, 2.24) is 9.80 Å². The van der Waals surface area contributed by atoms with Crippen molar-refractivity contribution < 1.29 is 32.6 Å². The van der Waals surface area contributed by atoms with Gasteiger partial charge in [-0.3, -0.25) is 4.79 Å². The number of aliphatic carboxylic acids is 1. The van der Waals surface area contributed by atoms with Crippen LogP contribution >= 0.6 is 0 Å². The molecule has 0 unspecified atom stereocenters. The number of nitrogens with zero attached hydrogens (tertiary/aromatic N) is 2. The SMILES string of the molecule is CC(C)CCC(=O)N1C[C@@H]2[C@H](CN(C)C)CO[C@@H]2C1.O=C(O)C(F)(F)F. The molecule has 26 heavy (non-hydrogen) atoms. The Bertz CT molecular complexity index is 483. The largest absolute Gasteiger partial charge is 0.490 e. The van der Waals surface area contributed by atoms with Gasteiger partial charge in [-0.15, -0.1) is 0 Å². The highest BCUT2D eigenvalue weighted by atomic mass is 19.4. The first-order chi connectivity index (χ1) is 11.9. The summed E-state index contributed by atoms with van der Waals surface area (Å²) < 4.78 is 37.6. The quantitative estimate of drug-likeness (QED) is 0.789. The number of carbonyl (C=O) groups is 2. The van der Waals surface area contributed by atoms with Gasteiger partial charge in [-0.2, -0.15) is 13.2 Å². The monoisotopic (exact) mass is 382 g/mol. The molecule has 152 valence electrons. The van der Waals surface area contributed by atoms with Crippen molar-refractivity contribution in [2.75, 3.05) is 40.3 Å². The zero-order chi connectivity index (χ0) is 20.1. The number of ether oxygens (including phenoxy) is 1. The highest BCUT2D eigenvalue weighted by molar-refractivity contribution is 5.76. The number of alkyl halides is 3. The van der Waals surface area contributed by atoms with Crippen LogP contribution in [0.3, 0.4) is 0 Å². The van der Waals surface area contributed by atoms with Crippen LogP contribution in [0.1, 0.15) is 26.7 Å². The van der Waals surface area contributed by atoms with Crippen molar-refractivity contribution in [2.45, 2.75) is 39.0 Å². The molecule has 2 saturated heterocycles. The predicted octanol–water partition coefficient (Wildman–Crippen LogP) is 2.09. The zero-order valence-corrected chi connectivity index (χ0v) is 15.8. The highest BCUT2D eigenvalue weighted by Gasteiger charge is 2.44. The van der Waals surface area contributed by atoms with E-state index in [0.29, 0.717) is 30.1 Å². The van der Waals surface area contributed by atoms with Gasteiger partial charge in [0.2, 0.25) is 5.91 Å². The van der Waals surface area contributed by atoms with E-state index in [9.17, 15) is 18.0 Å². The molecule has 6 nitrogen and oxygen atoms in total. The summed E-state index contributed by atoms with van der Waals surface area (Å²) in [4.78, 5) is 25.3. The second-order valence-electron chi connectivity index (χ2n) is 7.59. The fourth-order valence-corrected chi connectivity index (χ4v) is 3.23. The van der Waals surface area contributed by atoms with E-state index in [1.807, 2.05) is 4.90 Å². The van der Waals surface area contributed by atoms with Crippen LogP contribution in [-0.2, 0) is 14.3 Å². The van der Waals surface area contributed by atoms with E-state index < -0.39 is 12.1 Å². The predicted molar refractivity (Wildman–Crippen MR) is 89.6 cm³/mol. The Morgan fingerprint density at radius 3 is 2.31 bits per heavy atom. The molecular weight excluding hydrogens is 353 g/mol. The molecule has 2 aliphatic heterocycles. The summed E-state index contributed by atoms with van der Waals surface area (Å²) >= 11 is 0. The van der Waals surface area contributed by atoms with Crippen LogP contribution in [0.15, 0.2) is 0 Å². The van der Waals surface area contributed by atoms with Crippen LogP contribution in [0.2, 0.25) is 0 Å². The van der Waals surface area contributed by atoms with Crippen molar-refractivity contribution in [3.8, 4) is 0 Å². The zero-order valence-electron chi connectivity index (χ0n) is 15.8. The normalized spacial score (nSPS) is 25.3. The number of carboxylic acids is 1. The van der Waals surface area contributed by atoms with Gasteiger partial charge >= 0.3 is 12.1 Å². The van der Waals surface area contributed by atoms with Crippen LogP contribution in [0, 0.1) is 17.8 Å². The van der Waals surface area contributed by atoms with Gasteiger partial charge in [0.25, 0.3) is 0 Å². The summed E-state index contributed by atoms with van der Waals surface area (Å²) in [6.07, 6.45) is -3.12. The standard InChI is InChI=1S/C15H28N2O2.C2HF3O2/c1-11(2)5-6-15(18)17-8-13-12(7-16(3)4)10-19-14(13)9-17;3-2(4,5)1(6)7/h11-14H,5-10H2,1-4H3;(H,6,7)/t12-,13-,14-;/m1./s1. The van der Waals surface area contributed by atoms with Crippen LogP contribution in [0.5, 0.6) is 0 Å². The smallest absolute Gasteiger partial charge is 0.475 e. The lowest BCUT2D eigenvalue weighted by Crippen LogP contribution is -2.33. The molecule has 1 N–H and O–H groups in total. The van der Waals surface area contributed by atoms with Gasteiger partial charge < -0.3 is 19.6 Å². The molecule has 1 amide bonds. The summed E-state index contributed by atoms with van der Waals surface area (Å²) in [7, 11) is 4.21. The fraction of sp³-hybridized carbons (Fsp3) is 0.882. The Kier molecular flexibility index (Phi) is 8.33. The Morgan fingerprint density at radius 2 is 1.85 bits per heavy atom. The number of hydrogen-bond donors (Lipinski definition) is 1. The van der Waals surface area contributed by atoms with E-state index in [0.717, 1.165) is 32.7 Å². The molecule has 2 heterocycles. The van der Waals surface area contributed by atoms with Crippen LogP contribution in [-0.4, -0.2) is 79.4 Å². The lowest BCUT2D eigenvalue weighted by molar-refractivity contribution is -0.192. The molecular formula is C17H29F3N2O4. The maximum absolute atomic E-state index is 12.2. The molecule has 3 atom stereocenters. The number of likely N-dealkylation sites (tertiary alicyclic amines) is 1. The molecule has 9 heteroatoms. The van der Waals surface area contributed by atoms with Gasteiger partial charge in [0.05, 0.1) is 12.7 Å². The van der Waals surface area contributed by atoms with Crippen molar-refractivity contribution >= 4 is 11.9 Å². The Balaban J connectivity index is 0.000000412. The molecule has 0 aromatic rings. The summed E-state index contributed by atoms with van der Waals surface area (Å²) in [6, 6.07) is 0. The van der Waals surface area contributed by atoms with E-state index in [1.54, 1.807) is 0 Å². The molecule has 0 radical (unpaired) electrons. The van der Waals surface area contributed by atoms with Crippen LogP contribution < -0.4 is 0 Å². The number of rotatable bonds is 5. The lowest BCUT2D eigenvalue weighted by atomic mass is 9.93. The number of carboxylic acid groups (broad SMARTS) is 1. The minimum absolute atomic E-state index is 0.285. The first-order valence-electron chi connectivity index (χ1n) is 8.76. The molecule has 0 aliphatic carbocycles. The van der Waals surface area contributed by atoms with Crippen molar-refractivity contribution in [3.63, 3.8) is 0 Å². The van der Waals surface area contributed by atoms with Crippen LogP contribution in [0.25, 0.3) is 0 Å². The number of fused-ring (bicyclic) bond motifs is 1. The van der Waals surface area contributed by atoms with Crippen molar-refractivity contribution in [2.24, 2.45) is 17.8 Å². The second kappa shape index (κ2) is 9.55. The Morgan fingerprint density at radius 1 is 1.27 bits per heavy atom. The average molecular weight is 382 g/mol. The van der Waals surface area contributed by atoms with Gasteiger partial charge in [0.15, 0.2) is 0 Å². The van der Waals surface area contributed by atoms with E-state index in [4.69, 9.17) is 14.6 Å². The van der Waals surface area contributed by atoms with Crippen LogP contribution in [0.4, 0.5) is 13.2 Å². The van der Waals surface area contributed by atoms with Crippen molar-refractivity contribution in [3.05, 3.63) is 0 Å². The fourth-order valence-electron chi connectivity index (χ4n) is 3.23. The van der Waals surface area contributed by atoms with E-state index >= 15 is 0 Å². The molecule has 0 spiro atoms. The second-order valence-corrected chi connectivity index (χ2v) is 7.59. The number of hydrogen-bond acceptors (Lipinski definition) is 4. The van der Waals surface area contributed by atoms with E-state index in [-0.39, 0.29) is 6.10 Å².